The van der Waals surface area contributed by atoms with Gasteiger partial charge in [-0.1, -0.05) is 6.07 Å². The zero-order valence-electron chi connectivity index (χ0n) is 12.8. The molecule has 1 saturated heterocycles. The first-order chi connectivity index (χ1) is 10.3. The Morgan fingerprint density at radius 1 is 1.48 bits per heavy atom. The summed E-state index contributed by atoms with van der Waals surface area (Å²) in [7, 11) is 1.61. The van der Waals surface area contributed by atoms with Crippen LogP contribution in [0.3, 0.4) is 0 Å². The molecule has 2 rings (SSSR count). The van der Waals surface area contributed by atoms with Crippen LogP contribution in [0, 0.1) is 0 Å². The minimum Gasteiger partial charge on any atom is -0.481 e. The Bertz CT molecular complexity index is 441. The molecule has 116 valence electrons. The molecule has 0 saturated carbocycles. The molecule has 21 heavy (non-hydrogen) atoms. The van der Waals surface area contributed by atoms with Crippen LogP contribution < -0.4 is 15.4 Å². The molecule has 1 fully saturated rings. The predicted molar refractivity (Wildman–Crippen MR) is 82.6 cm³/mol. The fraction of sp³-hybridized carbons (Fsp3) is 0.600. The van der Waals surface area contributed by atoms with Crippen molar-refractivity contribution in [3.8, 4) is 5.88 Å². The van der Waals surface area contributed by atoms with Crippen molar-refractivity contribution < 1.29 is 9.47 Å². The fourth-order valence-corrected chi connectivity index (χ4v) is 2.15. The molecule has 1 atom stereocenters. The molecule has 0 radical (unpaired) electrons. The van der Waals surface area contributed by atoms with E-state index in [1.807, 2.05) is 12.1 Å². The van der Waals surface area contributed by atoms with E-state index in [-0.39, 0.29) is 0 Å². The van der Waals surface area contributed by atoms with E-state index in [0.717, 1.165) is 44.1 Å². The SMILES string of the molecule is CCNC(=NCc1ccc(OC)nc1)NCC1CCCO1. The Morgan fingerprint density at radius 2 is 2.38 bits per heavy atom. The predicted octanol–water partition coefficient (Wildman–Crippen LogP) is 1.32. The van der Waals surface area contributed by atoms with Crippen molar-refractivity contribution in [2.24, 2.45) is 4.99 Å². The quantitative estimate of drug-likeness (QED) is 0.611. The van der Waals surface area contributed by atoms with Crippen molar-refractivity contribution in [1.82, 2.24) is 15.6 Å². The highest BCUT2D eigenvalue weighted by Gasteiger charge is 2.15. The van der Waals surface area contributed by atoms with E-state index in [1.54, 1.807) is 13.3 Å². The second-order valence-electron chi connectivity index (χ2n) is 4.92. The monoisotopic (exact) mass is 292 g/mol. The van der Waals surface area contributed by atoms with Crippen LogP contribution in [0.1, 0.15) is 25.3 Å². The third-order valence-electron chi connectivity index (χ3n) is 3.29. The van der Waals surface area contributed by atoms with Crippen molar-refractivity contribution in [2.75, 3.05) is 26.8 Å². The number of rotatable bonds is 6. The second kappa shape index (κ2) is 8.46. The second-order valence-corrected chi connectivity index (χ2v) is 4.92. The first-order valence-corrected chi connectivity index (χ1v) is 7.44. The minimum atomic E-state index is 0.302. The van der Waals surface area contributed by atoms with Crippen molar-refractivity contribution in [2.45, 2.75) is 32.4 Å². The molecule has 1 aliphatic heterocycles. The van der Waals surface area contributed by atoms with E-state index < -0.39 is 0 Å². The van der Waals surface area contributed by atoms with Gasteiger partial charge in [0.15, 0.2) is 5.96 Å². The number of pyridine rings is 1. The average molecular weight is 292 g/mol. The Kier molecular flexibility index (Phi) is 6.27. The molecular formula is C15H24N4O2. The first kappa shape index (κ1) is 15.6. The number of ether oxygens (including phenoxy) is 2. The van der Waals surface area contributed by atoms with Gasteiger partial charge in [0, 0.05) is 32.0 Å². The largest absolute Gasteiger partial charge is 0.481 e. The number of aliphatic imine (C=N–C) groups is 1. The lowest BCUT2D eigenvalue weighted by atomic mass is 10.2. The number of methoxy groups -OCH3 is 1. The van der Waals surface area contributed by atoms with Gasteiger partial charge >= 0.3 is 0 Å². The van der Waals surface area contributed by atoms with Gasteiger partial charge in [-0.25, -0.2) is 9.98 Å². The normalized spacial score (nSPS) is 18.6. The van der Waals surface area contributed by atoms with Gasteiger partial charge in [0.25, 0.3) is 0 Å². The van der Waals surface area contributed by atoms with E-state index in [0.29, 0.717) is 18.5 Å². The summed E-state index contributed by atoms with van der Waals surface area (Å²) >= 11 is 0. The van der Waals surface area contributed by atoms with Gasteiger partial charge in [-0.3, -0.25) is 0 Å². The standard InChI is InChI=1S/C15H24N4O2/c1-3-16-15(19-11-13-5-4-8-21-13)18-10-12-6-7-14(20-2)17-9-12/h6-7,9,13H,3-5,8,10-11H2,1-2H3,(H2,16,18,19). The topological polar surface area (TPSA) is 67.8 Å². The summed E-state index contributed by atoms with van der Waals surface area (Å²) in [5, 5.41) is 6.56. The Balaban J connectivity index is 1.86. The lowest BCUT2D eigenvalue weighted by molar-refractivity contribution is 0.114. The van der Waals surface area contributed by atoms with Crippen LogP contribution in [0.2, 0.25) is 0 Å². The van der Waals surface area contributed by atoms with Crippen LogP contribution in [0.5, 0.6) is 5.88 Å². The summed E-state index contributed by atoms with van der Waals surface area (Å²) in [5.41, 5.74) is 1.05. The maximum atomic E-state index is 5.60. The van der Waals surface area contributed by atoms with Gasteiger partial charge in [0.05, 0.1) is 19.8 Å². The van der Waals surface area contributed by atoms with Gasteiger partial charge in [0.1, 0.15) is 0 Å². The molecule has 6 heteroatoms. The van der Waals surface area contributed by atoms with Crippen molar-refractivity contribution >= 4 is 5.96 Å². The Labute approximate surface area is 126 Å². The van der Waals surface area contributed by atoms with Crippen LogP contribution in [0.4, 0.5) is 0 Å². The molecule has 6 nitrogen and oxygen atoms in total. The minimum absolute atomic E-state index is 0.302. The fourth-order valence-electron chi connectivity index (χ4n) is 2.15. The highest BCUT2D eigenvalue weighted by Crippen LogP contribution is 2.10. The van der Waals surface area contributed by atoms with Crippen LogP contribution in [0.15, 0.2) is 23.3 Å². The van der Waals surface area contributed by atoms with Crippen LogP contribution in [0.25, 0.3) is 0 Å². The average Bonchev–Trinajstić information content (AvgIpc) is 3.04. The van der Waals surface area contributed by atoms with Gasteiger partial charge in [-0.05, 0) is 25.3 Å². The maximum Gasteiger partial charge on any atom is 0.212 e. The molecule has 1 unspecified atom stereocenters. The molecule has 1 aromatic rings. The molecule has 1 aliphatic rings. The molecular weight excluding hydrogens is 268 g/mol. The van der Waals surface area contributed by atoms with Crippen LogP contribution in [-0.4, -0.2) is 43.9 Å². The third-order valence-corrected chi connectivity index (χ3v) is 3.29. The van der Waals surface area contributed by atoms with E-state index in [4.69, 9.17) is 9.47 Å². The molecule has 2 heterocycles. The van der Waals surface area contributed by atoms with Crippen molar-refractivity contribution in [3.63, 3.8) is 0 Å². The third kappa shape index (κ3) is 5.23. The number of hydrogen-bond acceptors (Lipinski definition) is 4. The highest BCUT2D eigenvalue weighted by molar-refractivity contribution is 5.79. The summed E-state index contributed by atoms with van der Waals surface area (Å²) in [6.07, 6.45) is 4.36. The van der Waals surface area contributed by atoms with E-state index in [9.17, 15) is 0 Å². The van der Waals surface area contributed by atoms with E-state index in [2.05, 4.69) is 27.5 Å². The molecule has 2 N–H and O–H groups in total. The van der Waals surface area contributed by atoms with Crippen molar-refractivity contribution in [3.05, 3.63) is 23.9 Å². The summed E-state index contributed by atoms with van der Waals surface area (Å²) in [6.45, 7) is 5.14. The van der Waals surface area contributed by atoms with Crippen LogP contribution in [-0.2, 0) is 11.3 Å². The molecule has 0 spiro atoms. The molecule has 0 aliphatic carbocycles. The highest BCUT2D eigenvalue weighted by atomic mass is 16.5. The lowest BCUT2D eigenvalue weighted by Crippen LogP contribution is -2.41. The van der Waals surface area contributed by atoms with E-state index in [1.165, 1.54) is 0 Å². The zero-order valence-corrected chi connectivity index (χ0v) is 12.8. The van der Waals surface area contributed by atoms with Gasteiger partial charge < -0.3 is 20.1 Å². The van der Waals surface area contributed by atoms with Gasteiger partial charge in [0.2, 0.25) is 5.88 Å². The number of hydrogen-bond donors (Lipinski definition) is 2. The number of nitrogens with one attached hydrogen (secondary N) is 2. The number of nitrogens with zero attached hydrogens (tertiary/aromatic N) is 2. The molecule has 0 aromatic carbocycles. The number of aromatic nitrogens is 1. The molecule has 1 aromatic heterocycles. The molecule has 0 bridgehead atoms. The summed E-state index contributed by atoms with van der Waals surface area (Å²) in [6, 6.07) is 3.82. The van der Waals surface area contributed by atoms with Crippen LogP contribution >= 0.6 is 0 Å². The summed E-state index contributed by atoms with van der Waals surface area (Å²) in [4.78, 5) is 8.74. The van der Waals surface area contributed by atoms with Gasteiger partial charge in [-0.15, -0.1) is 0 Å². The van der Waals surface area contributed by atoms with E-state index >= 15 is 0 Å². The smallest absolute Gasteiger partial charge is 0.212 e. The van der Waals surface area contributed by atoms with Crippen molar-refractivity contribution in [1.29, 1.82) is 0 Å². The summed E-state index contributed by atoms with van der Waals surface area (Å²) < 4.78 is 10.6. The van der Waals surface area contributed by atoms with Gasteiger partial charge in [-0.2, -0.15) is 0 Å². The lowest BCUT2D eigenvalue weighted by Gasteiger charge is -2.14. The first-order valence-electron chi connectivity index (χ1n) is 7.44. The molecule has 0 amide bonds. The number of guanidine groups is 1. The zero-order chi connectivity index (χ0) is 14.9. The summed E-state index contributed by atoms with van der Waals surface area (Å²) in [5.74, 6) is 1.43. The maximum absolute atomic E-state index is 5.60. The Morgan fingerprint density at radius 3 is 3.00 bits per heavy atom. The Hall–Kier alpha value is -1.82.